The molecule has 100 valence electrons. The number of nitrogens with two attached hydrogens (primary N) is 1. The Morgan fingerprint density at radius 1 is 1.28 bits per heavy atom. The van der Waals surface area contributed by atoms with E-state index in [1.165, 1.54) is 13.2 Å². The average molecular weight is 263 g/mol. The van der Waals surface area contributed by atoms with Crippen molar-refractivity contribution in [3.63, 3.8) is 0 Å². The zero-order valence-electron chi connectivity index (χ0n) is 9.75. The van der Waals surface area contributed by atoms with Crippen molar-refractivity contribution in [1.82, 2.24) is 0 Å². The predicted octanol–water partition coefficient (Wildman–Crippen LogP) is 1.89. The van der Waals surface area contributed by atoms with Crippen LogP contribution in [0.4, 0.5) is 13.2 Å². The molecule has 0 aliphatic carbocycles. The number of hydrogen-bond donors (Lipinski definition) is 1. The molecule has 0 heterocycles. The van der Waals surface area contributed by atoms with Gasteiger partial charge in [-0.15, -0.1) is 0 Å². The molecule has 0 spiro atoms. The lowest BCUT2D eigenvalue weighted by molar-refractivity contribution is -0.143. The van der Waals surface area contributed by atoms with Gasteiger partial charge in [-0.05, 0) is 23.8 Å². The highest BCUT2D eigenvalue weighted by Gasteiger charge is 2.32. The molecule has 0 radical (unpaired) electrons. The van der Waals surface area contributed by atoms with E-state index in [2.05, 4.69) is 4.74 Å². The van der Waals surface area contributed by atoms with Crippen molar-refractivity contribution in [2.75, 3.05) is 14.2 Å². The van der Waals surface area contributed by atoms with E-state index >= 15 is 0 Å². The molecule has 0 bridgehead atoms. The van der Waals surface area contributed by atoms with E-state index in [4.69, 9.17) is 10.5 Å². The van der Waals surface area contributed by atoms with E-state index in [9.17, 15) is 18.0 Å². The lowest BCUT2D eigenvalue weighted by Crippen LogP contribution is -2.23. The summed E-state index contributed by atoms with van der Waals surface area (Å²) >= 11 is 0. The second-order valence-electron chi connectivity index (χ2n) is 3.49. The highest BCUT2D eigenvalue weighted by molar-refractivity contribution is 5.77. The van der Waals surface area contributed by atoms with E-state index in [1.807, 2.05) is 0 Å². The molecule has 0 unspecified atom stereocenters. The van der Waals surface area contributed by atoms with Gasteiger partial charge in [0.2, 0.25) is 0 Å². The van der Waals surface area contributed by atoms with Gasteiger partial charge in [0.15, 0.2) is 0 Å². The molecule has 1 atom stereocenters. The molecule has 0 aliphatic heterocycles. The number of methoxy groups -OCH3 is 2. The summed E-state index contributed by atoms with van der Waals surface area (Å²) < 4.78 is 47.0. The lowest BCUT2D eigenvalue weighted by Gasteiger charge is -2.14. The van der Waals surface area contributed by atoms with Gasteiger partial charge in [0.05, 0.1) is 19.8 Å². The second kappa shape index (κ2) is 5.26. The van der Waals surface area contributed by atoms with Crippen LogP contribution in [0.1, 0.15) is 17.2 Å². The minimum absolute atomic E-state index is 0.0199. The van der Waals surface area contributed by atoms with Gasteiger partial charge in [-0.2, -0.15) is 13.2 Å². The summed E-state index contributed by atoms with van der Waals surface area (Å²) in [7, 11) is 2.33. The Morgan fingerprint density at radius 2 is 1.89 bits per heavy atom. The number of benzene rings is 1. The maximum absolute atomic E-state index is 12.6. The van der Waals surface area contributed by atoms with Gasteiger partial charge >= 0.3 is 12.1 Å². The Labute approximate surface area is 101 Å². The van der Waals surface area contributed by atoms with Gasteiger partial charge in [-0.3, -0.25) is 4.79 Å². The van der Waals surface area contributed by atoms with Gasteiger partial charge in [0, 0.05) is 0 Å². The minimum Gasteiger partial charge on any atom is -0.497 e. The van der Waals surface area contributed by atoms with Gasteiger partial charge in [0.25, 0.3) is 0 Å². The molecule has 1 aromatic carbocycles. The molecule has 7 heteroatoms. The number of carbonyl (C=O) groups is 1. The SMILES string of the molecule is COC(=O)[C@@H](N)c1cc(OC)cc(C(F)(F)F)c1. The second-order valence-corrected chi connectivity index (χ2v) is 3.49. The van der Waals surface area contributed by atoms with Crippen molar-refractivity contribution in [2.45, 2.75) is 12.2 Å². The molecule has 0 saturated carbocycles. The Balaban J connectivity index is 3.24. The van der Waals surface area contributed by atoms with Crippen molar-refractivity contribution < 1.29 is 27.4 Å². The largest absolute Gasteiger partial charge is 0.497 e. The Bertz CT molecular complexity index is 446. The third-order valence-electron chi connectivity index (χ3n) is 2.31. The first-order chi connectivity index (χ1) is 8.29. The Kier molecular flexibility index (Phi) is 4.18. The third kappa shape index (κ3) is 3.13. The first kappa shape index (κ1) is 14.3. The maximum Gasteiger partial charge on any atom is 0.416 e. The van der Waals surface area contributed by atoms with Crippen LogP contribution in [0.15, 0.2) is 18.2 Å². The molecule has 1 rings (SSSR count). The predicted molar refractivity (Wildman–Crippen MR) is 56.9 cm³/mol. The number of alkyl halides is 3. The third-order valence-corrected chi connectivity index (χ3v) is 2.31. The van der Waals surface area contributed by atoms with Crippen molar-refractivity contribution in [1.29, 1.82) is 0 Å². The quantitative estimate of drug-likeness (QED) is 0.846. The van der Waals surface area contributed by atoms with Crippen LogP contribution in [0.2, 0.25) is 0 Å². The number of ether oxygens (including phenoxy) is 2. The summed E-state index contributed by atoms with van der Waals surface area (Å²) in [5.41, 5.74) is 4.53. The average Bonchev–Trinajstić information content (AvgIpc) is 2.35. The summed E-state index contributed by atoms with van der Waals surface area (Å²) in [5, 5.41) is 0. The molecule has 0 aromatic heterocycles. The van der Waals surface area contributed by atoms with Crippen molar-refractivity contribution in [3.05, 3.63) is 29.3 Å². The van der Waals surface area contributed by atoms with E-state index in [0.717, 1.165) is 19.2 Å². The highest BCUT2D eigenvalue weighted by atomic mass is 19.4. The van der Waals surface area contributed by atoms with Crippen LogP contribution in [0.3, 0.4) is 0 Å². The zero-order valence-corrected chi connectivity index (χ0v) is 9.75. The molecule has 1 aromatic rings. The van der Waals surface area contributed by atoms with Crippen LogP contribution >= 0.6 is 0 Å². The van der Waals surface area contributed by atoms with E-state index in [-0.39, 0.29) is 11.3 Å². The van der Waals surface area contributed by atoms with Crippen LogP contribution in [0.5, 0.6) is 5.75 Å². The Hall–Kier alpha value is -1.76. The number of esters is 1. The van der Waals surface area contributed by atoms with E-state index in [1.54, 1.807) is 0 Å². The van der Waals surface area contributed by atoms with Gasteiger partial charge in [-0.1, -0.05) is 0 Å². The monoisotopic (exact) mass is 263 g/mol. The van der Waals surface area contributed by atoms with E-state index < -0.39 is 23.8 Å². The molecular weight excluding hydrogens is 251 g/mol. The number of hydrogen-bond acceptors (Lipinski definition) is 4. The van der Waals surface area contributed by atoms with Crippen molar-refractivity contribution in [2.24, 2.45) is 5.73 Å². The standard InChI is InChI=1S/C11H12F3NO3/c1-17-8-4-6(9(15)10(16)18-2)3-7(5-8)11(12,13)14/h3-5,9H,15H2,1-2H3/t9-/m0/s1. The molecule has 0 fully saturated rings. The van der Waals surface area contributed by atoms with Gasteiger partial charge in [0.1, 0.15) is 11.8 Å². The first-order valence-corrected chi connectivity index (χ1v) is 4.89. The normalized spacial score (nSPS) is 13.0. The number of halogens is 3. The Morgan fingerprint density at radius 3 is 2.33 bits per heavy atom. The van der Waals surface area contributed by atoms with Gasteiger partial charge < -0.3 is 15.2 Å². The molecular formula is C11H12F3NO3. The summed E-state index contributed by atoms with van der Waals surface area (Å²) in [6.07, 6.45) is -4.54. The van der Waals surface area contributed by atoms with E-state index in [0.29, 0.717) is 0 Å². The van der Waals surface area contributed by atoms with Gasteiger partial charge in [-0.25, -0.2) is 0 Å². The van der Waals surface area contributed by atoms with Crippen LogP contribution in [-0.4, -0.2) is 20.2 Å². The molecule has 0 aliphatic rings. The minimum atomic E-state index is -4.54. The van der Waals surface area contributed by atoms with Crippen molar-refractivity contribution >= 4 is 5.97 Å². The topological polar surface area (TPSA) is 61.5 Å². The number of rotatable bonds is 3. The number of carbonyl (C=O) groups excluding carboxylic acids is 1. The molecule has 0 amide bonds. The smallest absolute Gasteiger partial charge is 0.416 e. The zero-order chi connectivity index (χ0) is 13.9. The fourth-order valence-corrected chi connectivity index (χ4v) is 1.35. The molecule has 4 nitrogen and oxygen atoms in total. The fraction of sp³-hybridized carbons (Fsp3) is 0.364. The lowest BCUT2D eigenvalue weighted by atomic mass is 10.0. The summed E-state index contributed by atoms with van der Waals surface area (Å²) in [4.78, 5) is 11.2. The highest BCUT2D eigenvalue weighted by Crippen LogP contribution is 2.33. The molecule has 0 saturated heterocycles. The summed E-state index contributed by atoms with van der Waals surface area (Å²) in [5.74, 6) is -0.851. The molecule has 18 heavy (non-hydrogen) atoms. The first-order valence-electron chi connectivity index (χ1n) is 4.89. The maximum atomic E-state index is 12.6. The summed E-state index contributed by atoms with van der Waals surface area (Å²) in [6.45, 7) is 0. The van der Waals surface area contributed by atoms with Crippen LogP contribution < -0.4 is 10.5 Å². The van der Waals surface area contributed by atoms with Crippen molar-refractivity contribution in [3.8, 4) is 5.75 Å². The van der Waals surface area contributed by atoms with Crippen LogP contribution in [0, 0.1) is 0 Å². The van der Waals surface area contributed by atoms with Crippen LogP contribution in [0.25, 0.3) is 0 Å². The van der Waals surface area contributed by atoms with Crippen LogP contribution in [-0.2, 0) is 15.7 Å². The summed E-state index contributed by atoms with van der Waals surface area (Å²) in [6, 6.07) is 1.60. The fourth-order valence-electron chi connectivity index (χ4n) is 1.35. The molecule has 2 N–H and O–H groups in total.